The number of anilines is 1. The molecule has 0 amide bonds. The minimum absolute atomic E-state index is 0.262. The summed E-state index contributed by atoms with van der Waals surface area (Å²) in [6.07, 6.45) is 1.83. The maximum Gasteiger partial charge on any atom is 0.135 e. The van der Waals surface area contributed by atoms with Crippen LogP contribution < -0.4 is 5.32 Å². The molecule has 0 saturated carbocycles. The standard InChI is InChI=1S/C22H15FN2O/c23-15-5-7-21-18(11-15)19-12-16(6-8-22(19)26-21)25-13-14-9-10-24-20-4-2-1-3-17(14)20/h1-12,25H,13H2. The third-order valence-corrected chi connectivity index (χ3v) is 4.65. The highest BCUT2D eigenvalue weighted by atomic mass is 19.1. The maximum atomic E-state index is 13.6. The monoisotopic (exact) mass is 342 g/mol. The molecular weight excluding hydrogens is 327 g/mol. The molecule has 0 aliphatic carbocycles. The first-order chi connectivity index (χ1) is 12.8. The highest BCUT2D eigenvalue weighted by Gasteiger charge is 2.09. The minimum Gasteiger partial charge on any atom is -0.456 e. The van der Waals surface area contributed by atoms with Gasteiger partial charge in [-0.05, 0) is 54.1 Å². The number of nitrogens with one attached hydrogen (secondary N) is 1. The summed E-state index contributed by atoms with van der Waals surface area (Å²) in [6.45, 7) is 0.679. The van der Waals surface area contributed by atoms with Crippen molar-refractivity contribution in [1.82, 2.24) is 4.98 Å². The van der Waals surface area contributed by atoms with Crippen molar-refractivity contribution in [3.63, 3.8) is 0 Å². The van der Waals surface area contributed by atoms with Crippen molar-refractivity contribution in [2.45, 2.75) is 6.54 Å². The Balaban J connectivity index is 1.51. The molecule has 0 saturated heterocycles. The molecule has 3 nitrogen and oxygen atoms in total. The van der Waals surface area contributed by atoms with Crippen molar-refractivity contribution in [3.8, 4) is 0 Å². The number of para-hydroxylation sites is 1. The van der Waals surface area contributed by atoms with Crippen LogP contribution in [0, 0.1) is 5.82 Å². The van der Waals surface area contributed by atoms with Crippen molar-refractivity contribution in [2.75, 3.05) is 5.32 Å². The molecule has 126 valence electrons. The van der Waals surface area contributed by atoms with E-state index in [0.717, 1.165) is 32.9 Å². The molecular formula is C22H15FN2O. The van der Waals surface area contributed by atoms with E-state index in [9.17, 15) is 4.39 Å². The summed E-state index contributed by atoms with van der Waals surface area (Å²) >= 11 is 0. The third kappa shape index (κ3) is 2.47. The van der Waals surface area contributed by atoms with Gasteiger partial charge in [-0.2, -0.15) is 0 Å². The molecule has 0 aliphatic heterocycles. The summed E-state index contributed by atoms with van der Waals surface area (Å²) in [6, 6.07) is 20.6. The zero-order valence-corrected chi connectivity index (χ0v) is 13.9. The molecule has 2 aromatic heterocycles. The van der Waals surface area contributed by atoms with Gasteiger partial charge < -0.3 is 9.73 Å². The number of aromatic nitrogens is 1. The van der Waals surface area contributed by atoms with Gasteiger partial charge in [0.05, 0.1) is 5.52 Å². The number of hydrogen-bond donors (Lipinski definition) is 1. The molecule has 4 heteroatoms. The summed E-state index contributed by atoms with van der Waals surface area (Å²) in [5.41, 5.74) is 4.58. The average Bonchev–Trinajstić information content (AvgIpc) is 3.03. The third-order valence-electron chi connectivity index (χ3n) is 4.65. The topological polar surface area (TPSA) is 38.1 Å². The molecule has 5 aromatic rings. The lowest BCUT2D eigenvalue weighted by Crippen LogP contribution is -2.00. The fourth-order valence-electron chi connectivity index (χ4n) is 3.37. The maximum absolute atomic E-state index is 13.6. The van der Waals surface area contributed by atoms with E-state index in [-0.39, 0.29) is 5.82 Å². The lowest BCUT2D eigenvalue weighted by molar-refractivity contribution is 0.626. The largest absolute Gasteiger partial charge is 0.456 e. The summed E-state index contributed by atoms with van der Waals surface area (Å²) in [4.78, 5) is 4.40. The van der Waals surface area contributed by atoms with Gasteiger partial charge in [0.1, 0.15) is 17.0 Å². The van der Waals surface area contributed by atoms with Crippen molar-refractivity contribution >= 4 is 38.5 Å². The van der Waals surface area contributed by atoms with Crippen LogP contribution in [0.3, 0.4) is 0 Å². The summed E-state index contributed by atoms with van der Waals surface area (Å²) in [5, 5.41) is 6.29. The normalized spacial score (nSPS) is 11.4. The zero-order valence-electron chi connectivity index (χ0n) is 13.9. The van der Waals surface area contributed by atoms with Crippen molar-refractivity contribution in [1.29, 1.82) is 0 Å². The number of hydrogen-bond acceptors (Lipinski definition) is 3. The van der Waals surface area contributed by atoms with E-state index in [1.165, 1.54) is 17.7 Å². The Bertz CT molecular complexity index is 1250. The molecule has 0 fully saturated rings. The SMILES string of the molecule is Fc1ccc2oc3ccc(NCc4ccnc5ccccc45)cc3c2c1. The number of halogens is 1. The zero-order chi connectivity index (χ0) is 17.5. The van der Waals surface area contributed by atoms with Crippen LogP contribution in [0.15, 0.2) is 77.3 Å². The highest BCUT2D eigenvalue weighted by molar-refractivity contribution is 6.06. The van der Waals surface area contributed by atoms with Gasteiger partial charge in [-0.25, -0.2) is 4.39 Å². The van der Waals surface area contributed by atoms with Gasteiger partial charge in [0.25, 0.3) is 0 Å². The number of fused-ring (bicyclic) bond motifs is 4. The van der Waals surface area contributed by atoms with Crippen molar-refractivity contribution < 1.29 is 8.81 Å². The van der Waals surface area contributed by atoms with Crippen LogP contribution >= 0.6 is 0 Å². The Labute approximate surface area is 149 Å². The summed E-state index contributed by atoms with van der Waals surface area (Å²) < 4.78 is 19.4. The van der Waals surface area contributed by atoms with Crippen LogP contribution in [0.2, 0.25) is 0 Å². The Hall–Kier alpha value is -3.40. The van der Waals surface area contributed by atoms with E-state index in [4.69, 9.17) is 4.42 Å². The van der Waals surface area contributed by atoms with Crippen LogP contribution in [0.25, 0.3) is 32.8 Å². The number of rotatable bonds is 3. The van der Waals surface area contributed by atoms with Crippen LogP contribution in [0.5, 0.6) is 0 Å². The Morgan fingerprint density at radius 1 is 0.846 bits per heavy atom. The fraction of sp³-hybridized carbons (Fsp3) is 0.0455. The smallest absolute Gasteiger partial charge is 0.135 e. The quantitative estimate of drug-likeness (QED) is 0.444. The number of pyridine rings is 1. The first kappa shape index (κ1) is 14.9. The molecule has 0 aliphatic rings. The molecule has 3 aromatic carbocycles. The lowest BCUT2D eigenvalue weighted by Gasteiger charge is -2.09. The molecule has 0 bridgehead atoms. The van der Waals surface area contributed by atoms with Gasteiger partial charge >= 0.3 is 0 Å². The molecule has 0 unspecified atom stereocenters. The second-order valence-electron chi connectivity index (χ2n) is 6.29. The first-order valence-electron chi connectivity index (χ1n) is 8.46. The minimum atomic E-state index is -0.262. The predicted molar refractivity (Wildman–Crippen MR) is 103 cm³/mol. The van der Waals surface area contributed by atoms with Gasteiger partial charge in [-0.15, -0.1) is 0 Å². The van der Waals surface area contributed by atoms with Crippen molar-refractivity contribution in [2.24, 2.45) is 0 Å². The molecule has 2 heterocycles. The fourth-order valence-corrected chi connectivity index (χ4v) is 3.37. The molecule has 26 heavy (non-hydrogen) atoms. The average molecular weight is 342 g/mol. The molecule has 5 rings (SSSR count). The second-order valence-corrected chi connectivity index (χ2v) is 6.29. The van der Waals surface area contributed by atoms with Crippen LogP contribution in [-0.4, -0.2) is 4.98 Å². The predicted octanol–water partition coefficient (Wildman–Crippen LogP) is 5.89. The van der Waals surface area contributed by atoms with Crippen molar-refractivity contribution in [3.05, 3.63) is 84.3 Å². The van der Waals surface area contributed by atoms with E-state index in [2.05, 4.69) is 16.4 Å². The van der Waals surface area contributed by atoms with Gasteiger partial charge in [0.2, 0.25) is 0 Å². The number of benzene rings is 3. The Morgan fingerprint density at radius 2 is 1.65 bits per heavy atom. The number of furan rings is 1. The highest BCUT2D eigenvalue weighted by Crippen LogP contribution is 2.31. The molecule has 0 radical (unpaired) electrons. The van der Waals surface area contributed by atoms with E-state index in [1.807, 2.05) is 48.7 Å². The van der Waals surface area contributed by atoms with Crippen LogP contribution in [-0.2, 0) is 6.54 Å². The van der Waals surface area contributed by atoms with Crippen LogP contribution in [0.4, 0.5) is 10.1 Å². The van der Waals surface area contributed by atoms with E-state index < -0.39 is 0 Å². The molecule has 1 N–H and O–H groups in total. The number of nitrogens with zero attached hydrogens (tertiary/aromatic N) is 1. The summed E-state index contributed by atoms with van der Waals surface area (Å²) in [5.74, 6) is -0.262. The lowest BCUT2D eigenvalue weighted by atomic mass is 10.1. The Morgan fingerprint density at radius 3 is 2.58 bits per heavy atom. The van der Waals surface area contributed by atoms with E-state index >= 15 is 0 Å². The molecule has 0 atom stereocenters. The first-order valence-corrected chi connectivity index (χ1v) is 8.46. The van der Waals surface area contributed by atoms with Crippen LogP contribution in [0.1, 0.15) is 5.56 Å². The summed E-state index contributed by atoms with van der Waals surface area (Å²) in [7, 11) is 0. The Kier molecular flexibility index (Phi) is 3.35. The van der Waals surface area contributed by atoms with Gasteiger partial charge in [0.15, 0.2) is 0 Å². The van der Waals surface area contributed by atoms with Gasteiger partial charge in [-0.3, -0.25) is 4.98 Å². The van der Waals surface area contributed by atoms with E-state index in [0.29, 0.717) is 12.1 Å². The molecule has 0 spiro atoms. The second kappa shape index (κ2) is 5.85. The van der Waals surface area contributed by atoms with Gasteiger partial charge in [-0.1, -0.05) is 18.2 Å². The van der Waals surface area contributed by atoms with Gasteiger partial charge in [0, 0.05) is 34.6 Å². The van der Waals surface area contributed by atoms with E-state index in [1.54, 1.807) is 6.07 Å².